The Balaban J connectivity index is 1.75. The maximum absolute atomic E-state index is 5.52. The summed E-state index contributed by atoms with van der Waals surface area (Å²) in [6.45, 7) is 2.19. The first-order chi connectivity index (χ1) is 9.34. The molecule has 0 aliphatic heterocycles. The monoisotopic (exact) mass is 275 g/mol. The first-order valence-electron chi connectivity index (χ1n) is 7.17. The van der Waals surface area contributed by atoms with Gasteiger partial charge >= 0.3 is 0 Å². The topological polar surface area (TPSA) is 25.2 Å². The van der Waals surface area contributed by atoms with Gasteiger partial charge < -0.3 is 4.42 Å². The first-order valence-corrected chi connectivity index (χ1v) is 8.05. The van der Waals surface area contributed by atoms with Gasteiger partial charge in [-0.15, -0.1) is 11.3 Å². The average Bonchev–Trinajstić information content (AvgIpc) is 3.17. The van der Waals surface area contributed by atoms with Gasteiger partial charge in [0.1, 0.15) is 5.76 Å². The molecule has 0 saturated heterocycles. The molecule has 1 saturated carbocycles. The summed E-state index contributed by atoms with van der Waals surface area (Å²) in [4.78, 5) is 1.46. The number of thiophene rings is 1. The molecule has 1 fully saturated rings. The second-order valence-electron chi connectivity index (χ2n) is 5.44. The fraction of sp³-hybridized carbons (Fsp3) is 0.500. The van der Waals surface area contributed by atoms with Gasteiger partial charge in [0.2, 0.25) is 0 Å². The highest BCUT2D eigenvalue weighted by Gasteiger charge is 2.28. The molecule has 1 aliphatic carbocycles. The summed E-state index contributed by atoms with van der Waals surface area (Å²) in [5.74, 6) is 1.80. The van der Waals surface area contributed by atoms with Crippen molar-refractivity contribution in [3.8, 4) is 0 Å². The van der Waals surface area contributed by atoms with E-state index in [1.807, 2.05) is 17.4 Å². The molecule has 102 valence electrons. The fourth-order valence-electron chi connectivity index (χ4n) is 3.10. The van der Waals surface area contributed by atoms with Gasteiger partial charge in [0.15, 0.2) is 0 Å². The van der Waals surface area contributed by atoms with E-state index >= 15 is 0 Å². The molecular formula is C16H21NOS. The lowest BCUT2D eigenvalue weighted by molar-refractivity contribution is 0.319. The minimum atomic E-state index is 0.266. The zero-order valence-corrected chi connectivity index (χ0v) is 12.2. The van der Waals surface area contributed by atoms with Crippen LogP contribution < -0.4 is 5.32 Å². The standard InChI is InChI=1S/C16H21NOS/c1-12(14-8-4-10-18-14)17-16(13-6-2-3-7-13)15-9-5-11-19-15/h4-5,8-13,16-17H,2-3,6-7H2,1H3/t12-,16?/m1/s1. The van der Waals surface area contributed by atoms with Crippen LogP contribution in [0.3, 0.4) is 0 Å². The molecule has 2 heterocycles. The quantitative estimate of drug-likeness (QED) is 0.837. The molecule has 0 spiro atoms. The molecule has 1 unspecified atom stereocenters. The second-order valence-corrected chi connectivity index (χ2v) is 6.42. The van der Waals surface area contributed by atoms with Gasteiger partial charge in [-0.2, -0.15) is 0 Å². The number of rotatable bonds is 5. The minimum absolute atomic E-state index is 0.266. The second kappa shape index (κ2) is 5.93. The van der Waals surface area contributed by atoms with Crippen molar-refractivity contribution in [3.63, 3.8) is 0 Å². The van der Waals surface area contributed by atoms with Gasteiger partial charge in [0.25, 0.3) is 0 Å². The molecular weight excluding hydrogens is 254 g/mol. The van der Waals surface area contributed by atoms with Crippen molar-refractivity contribution in [2.45, 2.75) is 44.7 Å². The highest BCUT2D eigenvalue weighted by Crippen LogP contribution is 2.38. The Labute approximate surface area is 118 Å². The van der Waals surface area contributed by atoms with E-state index in [-0.39, 0.29) is 6.04 Å². The Morgan fingerprint density at radius 1 is 1.26 bits per heavy atom. The molecule has 0 radical (unpaired) electrons. The van der Waals surface area contributed by atoms with E-state index in [1.54, 1.807) is 6.26 Å². The predicted octanol–water partition coefficient (Wildman–Crippen LogP) is 4.92. The summed E-state index contributed by atoms with van der Waals surface area (Å²) in [5.41, 5.74) is 0. The Morgan fingerprint density at radius 2 is 2.11 bits per heavy atom. The lowest BCUT2D eigenvalue weighted by atomic mass is 9.95. The molecule has 2 atom stereocenters. The number of furan rings is 1. The van der Waals surface area contributed by atoms with Gasteiger partial charge in [-0.3, -0.25) is 5.32 Å². The van der Waals surface area contributed by atoms with Crippen molar-refractivity contribution >= 4 is 11.3 Å². The van der Waals surface area contributed by atoms with E-state index in [9.17, 15) is 0 Å². The van der Waals surface area contributed by atoms with Crippen molar-refractivity contribution in [2.75, 3.05) is 0 Å². The van der Waals surface area contributed by atoms with Crippen LogP contribution in [0.25, 0.3) is 0 Å². The van der Waals surface area contributed by atoms with Crippen LogP contribution in [0.1, 0.15) is 55.3 Å². The summed E-state index contributed by atoms with van der Waals surface area (Å²) in [6, 6.07) is 9.17. The van der Waals surface area contributed by atoms with Gasteiger partial charge in [-0.25, -0.2) is 0 Å². The van der Waals surface area contributed by atoms with E-state index in [1.165, 1.54) is 30.6 Å². The zero-order chi connectivity index (χ0) is 13.1. The van der Waals surface area contributed by atoms with Gasteiger partial charge in [-0.1, -0.05) is 18.9 Å². The number of hydrogen-bond donors (Lipinski definition) is 1. The normalized spacial score (nSPS) is 19.6. The van der Waals surface area contributed by atoms with Crippen LogP contribution in [0, 0.1) is 5.92 Å². The maximum Gasteiger partial charge on any atom is 0.120 e. The molecule has 2 nitrogen and oxygen atoms in total. The molecule has 1 aliphatic rings. The van der Waals surface area contributed by atoms with Crippen LogP contribution in [0.5, 0.6) is 0 Å². The number of hydrogen-bond acceptors (Lipinski definition) is 3. The van der Waals surface area contributed by atoms with E-state index in [4.69, 9.17) is 4.42 Å². The third-order valence-electron chi connectivity index (χ3n) is 4.12. The molecule has 0 bridgehead atoms. The van der Waals surface area contributed by atoms with Crippen LogP contribution in [0.15, 0.2) is 40.3 Å². The summed E-state index contributed by atoms with van der Waals surface area (Å²) in [6.07, 6.45) is 7.21. The Bertz CT molecular complexity index is 471. The van der Waals surface area contributed by atoms with E-state index in [0.29, 0.717) is 6.04 Å². The van der Waals surface area contributed by atoms with Crippen LogP contribution in [0.4, 0.5) is 0 Å². The van der Waals surface area contributed by atoms with Crippen molar-refractivity contribution in [1.82, 2.24) is 5.32 Å². The molecule has 1 N–H and O–H groups in total. The molecule has 19 heavy (non-hydrogen) atoms. The Kier molecular flexibility index (Phi) is 4.04. The summed E-state index contributed by atoms with van der Waals surface area (Å²) >= 11 is 1.86. The molecule has 0 aromatic carbocycles. The van der Waals surface area contributed by atoms with Crippen LogP contribution in [0.2, 0.25) is 0 Å². The van der Waals surface area contributed by atoms with Gasteiger partial charge in [0.05, 0.1) is 12.3 Å². The highest BCUT2D eigenvalue weighted by atomic mass is 32.1. The van der Waals surface area contributed by atoms with Crippen LogP contribution in [-0.4, -0.2) is 0 Å². The van der Waals surface area contributed by atoms with Crippen LogP contribution >= 0.6 is 11.3 Å². The SMILES string of the molecule is C[C@@H](NC(c1cccs1)C1CCCC1)c1ccco1. The lowest BCUT2D eigenvalue weighted by Crippen LogP contribution is -2.28. The van der Waals surface area contributed by atoms with Crippen molar-refractivity contribution < 1.29 is 4.42 Å². The number of nitrogens with one attached hydrogen (secondary N) is 1. The third-order valence-corrected chi connectivity index (χ3v) is 5.08. The van der Waals surface area contributed by atoms with Crippen molar-refractivity contribution in [2.24, 2.45) is 5.92 Å². The molecule has 2 aromatic heterocycles. The minimum Gasteiger partial charge on any atom is -0.468 e. The smallest absolute Gasteiger partial charge is 0.120 e. The summed E-state index contributed by atoms with van der Waals surface area (Å²) < 4.78 is 5.52. The first kappa shape index (κ1) is 12.9. The highest BCUT2D eigenvalue weighted by molar-refractivity contribution is 7.10. The van der Waals surface area contributed by atoms with Gasteiger partial charge in [-0.05, 0) is 49.3 Å². The molecule has 2 aromatic rings. The molecule has 0 amide bonds. The third kappa shape index (κ3) is 2.93. The van der Waals surface area contributed by atoms with Crippen LogP contribution in [-0.2, 0) is 0 Å². The Hall–Kier alpha value is -1.06. The summed E-state index contributed by atoms with van der Waals surface area (Å²) in [5, 5.41) is 5.96. The molecule has 3 heteroatoms. The van der Waals surface area contributed by atoms with Crippen molar-refractivity contribution in [3.05, 3.63) is 46.5 Å². The summed E-state index contributed by atoms with van der Waals surface area (Å²) in [7, 11) is 0. The maximum atomic E-state index is 5.52. The fourth-order valence-corrected chi connectivity index (χ4v) is 3.98. The van der Waals surface area contributed by atoms with E-state index in [2.05, 4.69) is 35.8 Å². The predicted molar refractivity (Wildman–Crippen MR) is 79.3 cm³/mol. The lowest BCUT2D eigenvalue weighted by Gasteiger charge is -2.26. The largest absolute Gasteiger partial charge is 0.468 e. The van der Waals surface area contributed by atoms with E-state index < -0.39 is 0 Å². The van der Waals surface area contributed by atoms with Gasteiger partial charge in [0, 0.05) is 10.9 Å². The van der Waals surface area contributed by atoms with Crippen molar-refractivity contribution in [1.29, 1.82) is 0 Å². The van der Waals surface area contributed by atoms with E-state index in [0.717, 1.165) is 11.7 Å². The molecule has 3 rings (SSSR count). The Morgan fingerprint density at radius 3 is 2.74 bits per heavy atom. The zero-order valence-electron chi connectivity index (χ0n) is 11.3. The average molecular weight is 275 g/mol.